The Morgan fingerprint density at radius 1 is 1.14 bits per heavy atom. The molecular formula is C11H26O2Si. The Kier molecular flexibility index (Phi) is 5.34. The molecule has 0 N–H and O–H groups in total. The highest BCUT2D eigenvalue weighted by molar-refractivity contribution is 6.74. The first-order valence-corrected chi connectivity index (χ1v) is 8.24. The average Bonchev–Trinajstić information content (AvgIpc) is 1.99. The second-order valence-electron chi connectivity index (χ2n) is 5.63. The highest BCUT2D eigenvalue weighted by Crippen LogP contribution is 2.36. The highest BCUT2D eigenvalue weighted by atomic mass is 28.4. The van der Waals surface area contributed by atoms with Gasteiger partial charge in [0.2, 0.25) is 0 Å². The van der Waals surface area contributed by atoms with Crippen molar-refractivity contribution >= 4 is 8.32 Å². The van der Waals surface area contributed by atoms with Gasteiger partial charge in [-0.15, -0.1) is 0 Å². The topological polar surface area (TPSA) is 18.5 Å². The van der Waals surface area contributed by atoms with Gasteiger partial charge in [-0.25, -0.2) is 0 Å². The van der Waals surface area contributed by atoms with Crippen LogP contribution in [0.1, 0.15) is 27.7 Å². The lowest BCUT2D eigenvalue weighted by Gasteiger charge is -2.36. The van der Waals surface area contributed by atoms with Crippen LogP contribution >= 0.6 is 0 Å². The summed E-state index contributed by atoms with van der Waals surface area (Å²) in [6, 6.07) is 0. The molecule has 0 amide bonds. The molecule has 0 saturated carbocycles. The lowest BCUT2D eigenvalue weighted by atomic mass is 10.2. The summed E-state index contributed by atoms with van der Waals surface area (Å²) in [5, 5.41) is 0.305. The summed E-state index contributed by atoms with van der Waals surface area (Å²) in [5.41, 5.74) is 0. The zero-order chi connectivity index (χ0) is 11.4. The Hall–Kier alpha value is 0.137. The predicted octanol–water partition coefficient (Wildman–Crippen LogP) is 3.29. The van der Waals surface area contributed by atoms with Crippen molar-refractivity contribution < 1.29 is 9.16 Å². The van der Waals surface area contributed by atoms with Crippen LogP contribution in [0.3, 0.4) is 0 Å². The van der Waals surface area contributed by atoms with E-state index in [9.17, 15) is 0 Å². The number of hydrogen-bond acceptors (Lipinski definition) is 2. The third-order valence-corrected chi connectivity index (χ3v) is 7.49. The van der Waals surface area contributed by atoms with Gasteiger partial charge in [0.25, 0.3) is 0 Å². The molecule has 0 unspecified atom stereocenters. The van der Waals surface area contributed by atoms with Gasteiger partial charge in [-0.3, -0.25) is 0 Å². The Morgan fingerprint density at radius 2 is 1.64 bits per heavy atom. The number of rotatable bonds is 5. The summed E-state index contributed by atoms with van der Waals surface area (Å²) >= 11 is 0. The Balaban J connectivity index is 3.99. The largest absolute Gasteiger partial charge is 0.416 e. The minimum Gasteiger partial charge on any atom is -0.416 e. The van der Waals surface area contributed by atoms with E-state index < -0.39 is 8.32 Å². The Labute approximate surface area is 90.1 Å². The highest BCUT2D eigenvalue weighted by Gasteiger charge is 2.37. The van der Waals surface area contributed by atoms with Crippen molar-refractivity contribution in [3.05, 3.63) is 0 Å². The number of ether oxygens (including phenoxy) is 1. The van der Waals surface area contributed by atoms with Crippen molar-refractivity contribution in [3.8, 4) is 0 Å². The zero-order valence-corrected chi connectivity index (χ0v) is 11.8. The lowest BCUT2D eigenvalue weighted by molar-refractivity contribution is 0.122. The molecule has 3 heteroatoms. The monoisotopic (exact) mass is 218 g/mol. The molecule has 0 aromatic carbocycles. The van der Waals surface area contributed by atoms with E-state index >= 15 is 0 Å². The Bertz CT molecular complexity index is 161. The molecule has 0 spiro atoms. The van der Waals surface area contributed by atoms with E-state index in [0.717, 1.165) is 13.2 Å². The molecule has 0 heterocycles. The first-order valence-electron chi connectivity index (χ1n) is 5.33. The first-order chi connectivity index (χ1) is 6.20. The second kappa shape index (κ2) is 5.28. The summed E-state index contributed by atoms with van der Waals surface area (Å²) in [4.78, 5) is 0. The van der Waals surface area contributed by atoms with Gasteiger partial charge in [0.1, 0.15) is 0 Å². The number of methoxy groups -OCH3 is 1. The average molecular weight is 218 g/mol. The van der Waals surface area contributed by atoms with Gasteiger partial charge in [-0.1, -0.05) is 27.7 Å². The van der Waals surface area contributed by atoms with Gasteiger partial charge < -0.3 is 9.16 Å². The van der Waals surface area contributed by atoms with E-state index in [1.165, 1.54) is 0 Å². The van der Waals surface area contributed by atoms with Crippen LogP contribution < -0.4 is 0 Å². The van der Waals surface area contributed by atoms with Crippen molar-refractivity contribution in [2.45, 2.75) is 45.8 Å². The summed E-state index contributed by atoms with van der Waals surface area (Å²) in [6.45, 7) is 15.1. The van der Waals surface area contributed by atoms with Gasteiger partial charge in [0, 0.05) is 19.6 Å². The smallest absolute Gasteiger partial charge is 0.191 e. The maximum absolute atomic E-state index is 6.07. The van der Waals surface area contributed by atoms with Crippen molar-refractivity contribution in [1.29, 1.82) is 0 Å². The predicted molar refractivity (Wildman–Crippen MR) is 64.2 cm³/mol. The molecule has 0 fully saturated rings. The van der Waals surface area contributed by atoms with Gasteiger partial charge in [-0.2, -0.15) is 0 Å². The second-order valence-corrected chi connectivity index (χ2v) is 10.4. The molecule has 0 aliphatic heterocycles. The molecule has 14 heavy (non-hydrogen) atoms. The molecule has 1 atom stereocenters. The van der Waals surface area contributed by atoms with Crippen molar-refractivity contribution in [2.75, 3.05) is 20.3 Å². The molecule has 0 rings (SSSR count). The first kappa shape index (κ1) is 14.1. The molecule has 0 radical (unpaired) electrons. The van der Waals surface area contributed by atoms with E-state index in [2.05, 4.69) is 40.8 Å². The summed E-state index contributed by atoms with van der Waals surface area (Å²) in [6.07, 6.45) is 0. The van der Waals surface area contributed by atoms with E-state index in [-0.39, 0.29) is 0 Å². The van der Waals surface area contributed by atoms with E-state index in [1.54, 1.807) is 7.11 Å². The summed E-state index contributed by atoms with van der Waals surface area (Å²) in [7, 11) is 0.187. The SMILES string of the molecule is COC[C@H](C)CO[Si](C)(C)C(C)(C)C. The summed E-state index contributed by atoms with van der Waals surface area (Å²) < 4.78 is 11.2. The zero-order valence-electron chi connectivity index (χ0n) is 10.8. The van der Waals surface area contributed by atoms with Crippen LogP contribution in [0.4, 0.5) is 0 Å². The molecule has 0 aliphatic carbocycles. The van der Waals surface area contributed by atoms with Gasteiger partial charge in [0.05, 0.1) is 6.61 Å². The Morgan fingerprint density at radius 3 is 2.00 bits per heavy atom. The van der Waals surface area contributed by atoms with E-state index in [0.29, 0.717) is 11.0 Å². The maximum atomic E-state index is 6.07. The molecule has 0 aromatic rings. The van der Waals surface area contributed by atoms with Gasteiger partial charge >= 0.3 is 0 Å². The van der Waals surface area contributed by atoms with Crippen molar-refractivity contribution in [3.63, 3.8) is 0 Å². The molecule has 0 aliphatic rings. The minimum absolute atomic E-state index is 0.305. The lowest BCUT2D eigenvalue weighted by Crippen LogP contribution is -2.42. The van der Waals surface area contributed by atoms with Gasteiger partial charge in [-0.05, 0) is 18.1 Å². The van der Waals surface area contributed by atoms with Crippen LogP contribution in [0.5, 0.6) is 0 Å². The molecule has 86 valence electrons. The van der Waals surface area contributed by atoms with Crippen molar-refractivity contribution in [2.24, 2.45) is 5.92 Å². The third kappa shape index (κ3) is 4.58. The maximum Gasteiger partial charge on any atom is 0.191 e. The number of hydrogen-bond donors (Lipinski definition) is 0. The quantitative estimate of drug-likeness (QED) is 0.659. The van der Waals surface area contributed by atoms with Crippen LogP contribution in [0, 0.1) is 5.92 Å². The molecule has 0 aromatic heterocycles. The molecular weight excluding hydrogens is 192 g/mol. The van der Waals surface area contributed by atoms with Crippen LogP contribution in [0.2, 0.25) is 18.1 Å². The summed E-state index contributed by atoms with van der Waals surface area (Å²) in [5.74, 6) is 0.495. The van der Waals surface area contributed by atoms with Crippen LogP contribution in [0.25, 0.3) is 0 Å². The standard InChI is InChI=1S/C11H26O2Si/c1-10(8-12-5)9-13-14(6,7)11(2,3)4/h10H,8-9H2,1-7H3/t10-/m0/s1. The van der Waals surface area contributed by atoms with Crippen LogP contribution in [-0.4, -0.2) is 28.6 Å². The van der Waals surface area contributed by atoms with Crippen LogP contribution in [-0.2, 0) is 9.16 Å². The molecule has 0 saturated heterocycles. The minimum atomic E-state index is -1.55. The fourth-order valence-corrected chi connectivity index (χ4v) is 2.03. The van der Waals surface area contributed by atoms with Crippen LogP contribution in [0.15, 0.2) is 0 Å². The molecule has 2 nitrogen and oxygen atoms in total. The van der Waals surface area contributed by atoms with E-state index in [4.69, 9.17) is 9.16 Å². The fraction of sp³-hybridized carbons (Fsp3) is 1.00. The van der Waals surface area contributed by atoms with Gasteiger partial charge in [0.15, 0.2) is 8.32 Å². The van der Waals surface area contributed by atoms with E-state index in [1.807, 2.05) is 0 Å². The normalized spacial score (nSPS) is 15.6. The molecule has 0 bridgehead atoms. The fourth-order valence-electron chi connectivity index (χ4n) is 0.900. The van der Waals surface area contributed by atoms with Crippen molar-refractivity contribution in [1.82, 2.24) is 0 Å². The third-order valence-electron chi connectivity index (χ3n) is 2.99.